The van der Waals surface area contributed by atoms with E-state index in [-0.39, 0.29) is 43.9 Å². The maximum Gasteiger partial charge on any atom is 0.327 e. The third kappa shape index (κ3) is 19.3. The number of methoxy groups -OCH3 is 1. The van der Waals surface area contributed by atoms with Gasteiger partial charge in [-0.3, -0.25) is 19.2 Å². The minimum Gasteiger partial charge on any atom is -0.480 e. The van der Waals surface area contributed by atoms with Gasteiger partial charge in [0.2, 0.25) is 11.6 Å². The van der Waals surface area contributed by atoms with Crippen LogP contribution in [-0.4, -0.2) is 152 Å². The van der Waals surface area contributed by atoms with Gasteiger partial charge < -0.3 is 33.3 Å². The van der Waals surface area contributed by atoms with Crippen molar-refractivity contribution < 1.29 is 47.5 Å². The molecular formula is C68H69Br2Cl2N17O10S2. The summed E-state index contributed by atoms with van der Waals surface area (Å²) < 4.78 is 41.9. The normalized spacial score (nSPS) is 11.0. The predicted molar refractivity (Wildman–Crippen MR) is 389 cm³/mol. The summed E-state index contributed by atoms with van der Waals surface area (Å²) >= 11 is 22.2. The third-order valence-electron chi connectivity index (χ3n) is 14.8. The Morgan fingerprint density at radius 3 is 1.35 bits per heavy atom. The highest BCUT2D eigenvalue weighted by Crippen LogP contribution is 2.37. The Kier molecular flexibility index (Phi) is 26.0. The van der Waals surface area contributed by atoms with E-state index in [2.05, 4.69) is 103 Å². The third-order valence-corrected chi connectivity index (χ3v) is 19.0. The van der Waals surface area contributed by atoms with E-state index in [0.717, 1.165) is 55.5 Å². The van der Waals surface area contributed by atoms with Crippen molar-refractivity contribution in [2.75, 3.05) is 40.5 Å². The largest absolute Gasteiger partial charge is 0.480 e. The van der Waals surface area contributed by atoms with E-state index in [0.29, 0.717) is 113 Å². The second-order valence-electron chi connectivity index (χ2n) is 22.7. The summed E-state index contributed by atoms with van der Waals surface area (Å²) in [5.74, 6) is 0.505. The second-order valence-corrected chi connectivity index (χ2v) is 26.5. The van der Waals surface area contributed by atoms with E-state index in [1.807, 2.05) is 146 Å². The van der Waals surface area contributed by atoms with Gasteiger partial charge in [-0.2, -0.15) is 39.1 Å². The van der Waals surface area contributed by atoms with Crippen LogP contribution < -0.4 is 0 Å². The summed E-state index contributed by atoms with van der Waals surface area (Å²) in [5, 5.41) is 36.4. The highest BCUT2D eigenvalue weighted by molar-refractivity contribution is 9.11. The number of nitrogens with zero attached hydrogens (tertiary/aromatic N) is 17. The van der Waals surface area contributed by atoms with Crippen LogP contribution in [0, 0.1) is 55.4 Å². The molecule has 101 heavy (non-hydrogen) atoms. The highest BCUT2D eigenvalue weighted by Gasteiger charge is 2.27. The molecule has 12 rings (SSSR count). The SMILES string of the molecule is CCN(C)CCOC(=O)Cn1nc(C)c(Cl)c1-c1nc(-c2cccc(C)c2)ns1.CCOC(=O)Cn1nc(C)c(Cl)c1-c1nc(-c2cccc(C)c2)no1.COC(=O)Cn1nc(C)c(Br)c1-c1nc(-c2cccc(C)c2)no1.Cc1cccc(-c2nsc(-c3c(Br)c(C)nn3CC(=O)O)n2)c1. The van der Waals surface area contributed by atoms with Crippen LogP contribution in [0.5, 0.6) is 0 Å². The molecule has 526 valence electrons. The smallest absolute Gasteiger partial charge is 0.327 e. The lowest BCUT2D eigenvalue weighted by atomic mass is 10.1. The number of aryl methyl sites for hydroxylation is 8. The van der Waals surface area contributed by atoms with Crippen molar-refractivity contribution in [1.29, 1.82) is 0 Å². The molecule has 0 saturated heterocycles. The van der Waals surface area contributed by atoms with Gasteiger partial charge in [-0.05, 0) is 155 Å². The first-order valence-corrected chi connectivity index (χ1v) is 35.1. The van der Waals surface area contributed by atoms with Crippen molar-refractivity contribution in [2.24, 2.45) is 0 Å². The Morgan fingerprint density at radius 2 is 0.901 bits per heavy atom. The molecule has 0 atom stereocenters. The zero-order valence-electron chi connectivity index (χ0n) is 56.9. The van der Waals surface area contributed by atoms with Gasteiger partial charge in [-0.15, -0.1) is 0 Å². The molecule has 1 N–H and O–H groups in total. The quantitative estimate of drug-likeness (QED) is 0.0516. The molecule has 0 spiro atoms. The number of aromatic nitrogens is 16. The molecule has 0 amide bonds. The molecule has 0 aliphatic heterocycles. The predicted octanol–water partition coefficient (Wildman–Crippen LogP) is 14.0. The van der Waals surface area contributed by atoms with E-state index in [1.165, 1.54) is 44.2 Å². The molecule has 0 saturated carbocycles. The molecule has 0 bridgehead atoms. The standard InChI is InChI=1S/C20H24ClN5O2S.C17H17ClN4O3.C16H15BrN4O3.C15H13BrN4O2S/c1-5-25(4)9-10-28-16(27)12-26-18(17(21)14(3)23-26)20-22-19(24-29-20)15-8-6-7-13(2)11-15;1-4-24-13(23)9-22-15(14(18)11(3)20-22)17-19-16(21-25-17)12-7-5-6-10(2)8-12;1-9-5-4-6-11(7-9)15-18-16(24-20-15)14-13(17)10(2)19-21(14)8-12(22)23-3;1-8-4-3-5-10(6-8)14-17-15(23-19-14)13-12(16)9(2)18-20(13)7-11(21)22/h6-8,11H,5,9-10,12H2,1-4H3;5-8H,4,9H2,1-3H3;4-7H,8H2,1-3H3;3-6H,7H2,1-2H3,(H,21,22). The fourth-order valence-electron chi connectivity index (χ4n) is 9.68. The second kappa shape index (κ2) is 34.7. The van der Waals surface area contributed by atoms with Crippen LogP contribution in [0.25, 0.3) is 90.1 Å². The minimum atomic E-state index is -0.954. The van der Waals surface area contributed by atoms with Crippen LogP contribution in [0.15, 0.2) is 115 Å². The molecule has 0 fully saturated rings. The number of likely N-dealkylation sites (N-methyl/N-ethyl adjacent to an activating group) is 1. The number of carboxylic acid groups (broad SMARTS) is 1. The summed E-state index contributed by atoms with van der Waals surface area (Å²) in [4.78, 5) is 66.8. The first-order chi connectivity index (χ1) is 48.3. The summed E-state index contributed by atoms with van der Waals surface area (Å²) in [7, 11) is 3.31. The molecular weight excluding hydrogens is 1510 g/mol. The van der Waals surface area contributed by atoms with E-state index >= 15 is 0 Å². The minimum absolute atomic E-state index is 0.0297. The van der Waals surface area contributed by atoms with Gasteiger partial charge >= 0.3 is 23.9 Å². The van der Waals surface area contributed by atoms with Crippen molar-refractivity contribution in [1.82, 2.24) is 83.0 Å². The first kappa shape index (κ1) is 75.7. The number of rotatable bonds is 21. The van der Waals surface area contributed by atoms with Crippen molar-refractivity contribution in [3.8, 4) is 90.1 Å². The van der Waals surface area contributed by atoms with Crippen molar-refractivity contribution in [2.45, 2.75) is 95.4 Å². The van der Waals surface area contributed by atoms with Gasteiger partial charge in [0, 0.05) is 28.8 Å². The maximum absolute atomic E-state index is 12.3. The monoisotopic (exact) mass is 1580 g/mol. The van der Waals surface area contributed by atoms with Crippen molar-refractivity contribution in [3.63, 3.8) is 0 Å². The van der Waals surface area contributed by atoms with Crippen LogP contribution in [0.4, 0.5) is 0 Å². The van der Waals surface area contributed by atoms with Crippen LogP contribution >= 0.6 is 78.1 Å². The van der Waals surface area contributed by atoms with E-state index in [9.17, 15) is 19.2 Å². The number of ether oxygens (including phenoxy) is 3. The van der Waals surface area contributed by atoms with Crippen LogP contribution in [0.3, 0.4) is 0 Å². The molecule has 33 heteroatoms. The zero-order valence-corrected chi connectivity index (χ0v) is 63.3. The van der Waals surface area contributed by atoms with Gasteiger partial charge in [0.1, 0.15) is 55.6 Å². The molecule has 0 aliphatic carbocycles. The fourth-order valence-corrected chi connectivity index (χ4v) is 12.7. The molecule has 0 radical (unpaired) electrons. The van der Waals surface area contributed by atoms with Gasteiger partial charge in [0.15, 0.2) is 21.7 Å². The Hall–Kier alpha value is -9.50. The van der Waals surface area contributed by atoms with E-state index in [4.69, 9.17) is 51.6 Å². The number of halogens is 4. The topological polar surface area (TPSA) is 320 Å². The van der Waals surface area contributed by atoms with Gasteiger partial charge in [0.05, 0.1) is 55.5 Å². The van der Waals surface area contributed by atoms with Gasteiger partial charge in [0.25, 0.3) is 11.8 Å². The number of aliphatic carboxylic acids is 1. The fraction of sp³-hybridized carbons (Fsp3) is 0.294. The van der Waals surface area contributed by atoms with E-state index < -0.39 is 17.9 Å². The number of benzene rings is 4. The first-order valence-electron chi connectivity index (χ1n) is 31.2. The number of esters is 3. The van der Waals surface area contributed by atoms with Crippen molar-refractivity contribution >= 4 is 102 Å². The average Bonchev–Trinajstić information content (AvgIpc) is 1.67. The number of carboxylic acids is 1. The lowest BCUT2D eigenvalue weighted by Gasteiger charge is -2.13. The summed E-state index contributed by atoms with van der Waals surface area (Å²) in [6, 6.07) is 31.5. The Balaban J connectivity index is 0.000000157. The molecule has 12 aromatic rings. The van der Waals surface area contributed by atoms with Gasteiger partial charge in [-0.1, -0.05) is 135 Å². The summed E-state index contributed by atoms with van der Waals surface area (Å²) in [5.41, 5.74) is 12.8. The Bertz CT molecular complexity index is 4920. The lowest BCUT2D eigenvalue weighted by Crippen LogP contribution is -2.25. The summed E-state index contributed by atoms with van der Waals surface area (Å²) in [6.07, 6.45) is 0. The van der Waals surface area contributed by atoms with Crippen LogP contribution in [0.1, 0.15) is 58.9 Å². The molecule has 8 heterocycles. The number of carbonyl (C=O) groups excluding carboxylic acids is 3. The Labute approximate surface area is 615 Å². The number of hydrogen-bond acceptors (Lipinski definition) is 24. The number of carbonyl (C=O) groups is 4. The number of hydrogen-bond donors (Lipinski definition) is 1. The van der Waals surface area contributed by atoms with Crippen LogP contribution in [-0.2, 0) is 59.6 Å². The maximum atomic E-state index is 12.3. The highest BCUT2D eigenvalue weighted by atomic mass is 79.9. The lowest BCUT2D eigenvalue weighted by molar-refractivity contribution is -0.145. The molecule has 0 aliphatic rings. The average molecular weight is 1580 g/mol. The molecule has 0 unspecified atom stereocenters. The summed E-state index contributed by atoms with van der Waals surface area (Å²) in [6.45, 7) is 20.8. The molecule has 27 nitrogen and oxygen atoms in total. The molecule has 4 aromatic carbocycles. The Morgan fingerprint density at radius 1 is 0.515 bits per heavy atom. The molecule has 8 aromatic heterocycles. The van der Waals surface area contributed by atoms with Crippen molar-refractivity contribution in [3.05, 3.63) is 161 Å². The van der Waals surface area contributed by atoms with Gasteiger partial charge in [-0.25, -0.2) is 28.7 Å². The zero-order chi connectivity index (χ0) is 72.8. The van der Waals surface area contributed by atoms with E-state index in [1.54, 1.807) is 25.5 Å². The van der Waals surface area contributed by atoms with Crippen LogP contribution in [0.2, 0.25) is 10.0 Å².